The second kappa shape index (κ2) is 9.32. The summed E-state index contributed by atoms with van der Waals surface area (Å²) in [6, 6.07) is 0.419. The summed E-state index contributed by atoms with van der Waals surface area (Å²) in [7, 11) is 0. The summed E-state index contributed by atoms with van der Waals surface area (Å²) in [5, 5.41) is 3.05. The van der Waals surface area contributed by atoms with Crippen molar-refractivity contribution >= 4 is 5.91 Å². The van der Waals surface area contributed by atoms with Gasteiger partial charge in [0.05, 0.1) is 6.04 Å². The molecule has 3 N–H and O–H groups in total. The number of hydrogen-bond donors (Lipinski definition) is 2. The number of amides is 1. The molecule has 0 radical (unpaired) electrons. The topological polar surface area (TPSA) is 61.6 Å². The maximum absolute atomic E-state index is 12.1. The van der Waals surface area contributed by atoms with Crippen LogP contribution in [0.5, 0.6) is 0 Å². The Kier molecular flexibility index (Phi) is 8.11. The molecule has 1 amide bonds. The maximum Gasteiger partial charge on any atom is 0.237 e. The third-order valence-electron chi connectivity index (χ3n) is 4.32. The number of carbonyl (C=O) groups excluding carboxylic acids is 1. The minimum absolute atomic E-state index is 0.0213. The smallest absolute Gasteiger partial charge is 0.237 e. The van der Waals surface area contributed by atoms with Gasteiger partial charge in [-0.05, 0) is 20.3 Å². The van der Waals surface area contributed by atoms with Crippen LogP contribution in [0.1, 0.15) is 40.0 Å². The third-order valence-corrected chi connectivity index (χ3v) is 4.32. The molecule has 1 aliphatic rings. The Morgan fingerprint density at radius 1 is 1.15 bits per heavy atom. The van der Waals surface area contributed by atoms with Gasteiger partial charge >= 0.3 is 0 Å². The fourth-order valence-electron chi connectivity index (χ4n) is 2.61. The summed E-state index contributed by atoms with van der Waals surface area (Å²) in [5.41, 5.74) is 5.71. The van der Waals surface area contributed by atoms with Gasteiger partial charge in [-0.1, -0.05) is 19.8 Å². The van der Waals surface area contributed by atoms with E-state index in [1.165, 1.54) is 12.8 Å². The summed E-state index contributed by atoms with van der Waals surface area (Å²) in [6.07, 6.45) is 3.45. The van der Waals surface area contributed by atoms with Gasteiger partial charge in [0.25, 0.3) is 0 Å². The van der Waals surface area contributed by atoms with Crippen molar-refractivity contribution in [3.8, 4) is 0 Å². The second-order valence-electron chi connectivity index (χ2n) is 5.83. The van der Waals surface area contributed by atoms with Crippen LogP contribution < -0.4 is 11.1 Å². The van der Waals surface area contributed by atoms with Crippen molar-refractivity contribution in [3.05, 3.63) is 0 Å². The Balaban J connectivity index is 2.27. The Labute approximate surface area is 123 Å². The van der Waals surface area contributed by atoms with Crippen LogP contribution in [0.25, 0.3) is 0 Å². The van der Waals surface area contributed by atoms with E-state index in [-0.39, 0.29) is 11.9 Å². The lowest BCUT2D eigenvalue weighted by Crippen LogP contribution is -2.56. The average molecular weight is 284 g/mol. The summed E-state index contributed by atoms with van der Waals surface area (Å²) >= 11 is 0. The normalized spacial score (nSPS) is 20.6. The molecule has 0 saturated carbocycles. The molecule has 20 heavy (non-hydrogen) atoms. The molecule has 0 spiro atoms. The standard InChI is InChI=1S/C15H32N4O/c1-4-5-6-7-17-15(20)14(3)19-10-8-18(9-11-19)13(2)12-16/h13-14H,4-12,16H2,1-3H3,(H,17,20). The number of hydrogen-bond acceptors (Lipinski definition) is 4. The van der Waals surface area contributed by atoms with Gasteiger partial charge in [-0.3, -0.25) is 14.6 Å². The molecule has 0 aromatic heterocycles. The van der Waals surface area contributed by atoms with E-state index in [9.17, 15) is 4.79 Å². The van der Waals surface area contributed by atoms with E-state index in [1.54, 1.807) is 0 Å². The number of nitrogens with one attached hydrogen (secondary N) is 1. The predicted molar refractivity (Wildman–Crippen MR) is 83.7 cm³/mol. The summed E-state index contributed by atoms with van der Waals surface area (Å²) in [4.78, 5) is 16.8. The van der Waals surface area contributed by atoms with Gasteiger partial charge < -0.3 is 11.1 Å². The zero-order valence-electron chi connectivity index (χ0n) is 13.4. The van der Waals surface area contributed by atoms with Crippen molar-refractivity contribution in [2.24, 2.45) is 5.73 Å². The Morgan fingerprint density at radius 3 is 2.30 bits per heavy atom. The van der Waals surface area contributed by atoms with Crippen LogP contribution in [0.3, 0.4) is 0 Å². The molecular weight excluding hydrogens is 252 g/mol. The molecule has 118 valence electrons. The van der Waals surface area contributed by atoms with Crippen molar-refractivity contribution in [2.75, 3.05) is 39.3 Å². The quantitative estimate of drug-likeness (QED) is 0.642. The van der Waals surface area contributed by atoms with E-state index < -0.39 is 0 Å². The Bertz CT molecular complexity index is 277. The molecule has 0 bridgehead atoms. The molecule has 1 rings (SSSR count). The summed E-state index contributed by atoms with van der Waals surface area (Å²) < 4.78 is 0. The first-order valence-corrected chi connectivity index (χ1v) is 8.06. The highest BCUT2D eigenvalue weighted by Gasteiger charge is 2.26. The van der Waals surface area contributed by atoms with Gasteiger partial charge in [-0.2, -0.15) is 0 Å². The molecule has 5 nitrogen and oxygen atoms in total. The van der Waals surface area contributed by atoms with E-state index in [0.717, 1.165) is 39.1 Å². The first kappa shape index (κ1) is 17.4. The molecule has 0 aromatic rings. The monoisotopic (exact) mass is 284 g/mol. The van der Waals surface area contributed by atoms with E-state index in [4.69, 9.17) is 5.73 Å². The summed E-state index contributed by atoms with van der Waals surface area (Å²) in [5.74, 6) is 0.168. The van der Waals surface area contributed by atoms with Crippen LogP contribution in [-0.4, -0.2) is 67.1 Å². The SMILES string of the molecule is CCCCCNC(=O)C(C)N1CCN(C(C)CN)CC1. The third kappa shape index (κ3) is 5.38. The lowest BCUT2D eigenvalue weighted by Gasteiger charge is -2.39. The van der Waals surface area contributed by atoms with Crippen LogP contribution in [0.2, 0.25) is 0 Å². The number of piperazine rings is 1. The molecule has 1 fully saturated rings. The zero-order chi connectivity index (χ0) is 15.0. The van der Waals surface area contributed by atoms with E-state index in [2.05, 4.69) is 29.0 Å². The largest absolute Gasteiger partial charge is 0.355 e. The molecule has 0 aliphatic carbocycles. The maximum atomic E-state index is 12.1. The number of unbranched alkanes of at least 4 members (excludes halogenated alkanes) is 2. The fraction of sp³-hybridized carbons (Fsp3) is 0.933. The molecule has 1 saturated heterocycles. The highest BCUT2D eigenvalue weighted by molar-refractivity contribution is 5.81. The number of carbonyl (C=O) groups is 1. The number of nitrogens with zero attached hydrogens (tertiary/aromatic N) is 2. The second-order valence-corrected chi connectivity index (χ2v) is 5.83. The van der Waals surface area contributed by atoms with Gasteiger partial charge in [0.1, 0.15) is 0 Å². The molecule has 5 heteroatoms. The number of rotatable bonds is 8. The van der Waals surface area contributed by atoms with Crippen LogP contribution >= 0.6 is 0 Å². The van der Waals surface area contributed by atoms with Crippen LogP contribution in [0.15, 0.2) is 0 Å². The first-order chi connectivity index (χ1) is 9.60. The van der Waals surface area contributed by atoms with E-state index in [1.807, 2.05) is 6.92 Å². The minimum Gasteiger partial charge on any atom is -0.355 e. The molecule has 1 aliphatic heterocycles. The van der Waals surface area contributed by atoms with Crippen LogP contribution in [-0.2, 0) is 4.79 Å². The highest BCUT2D eigenvalue weighted by atomic mass is 16.2. The molecular formula is C15H32N4O. The summed E-state index contributed by atoms with van der Waals surface area (Å²) in [6.45, 7) is 11.8. The highest BCUT2D eigenvalue weighted by Crippen LogP contribution is 2.09. The average Bonchev–Trinajstić information content (AvgIpc) is 2.50. The van der Waals surface area contributed by atoms with Crippen molar-refractivity contribution < 1.29 is 4.79 Å². The van der Waals surface area contributed by atoms with Crippen molar-refractivity contribution in [3.63, 3.8) is 0 Å². The van der Waals surface area contributed by atoms with Gasteiger partial charge in [0.2, 0.25) is 5.91 Å². The molecule has 0 aromatic carbocycles. The van der Waals surface area contributed by atoms with E-state index >= 15 is 0 Å². The van der Waals surface area contributed by atoms with E-state index in [0.29, 0.717) is 12.6 Å². The fourth-order valence-corrected chi connectivity index (χ4v) is 2.61. The van der Waals surface area contributed by atoms with Crippen molar-refractivity contribution in [1.29, 1.82) is 0 Å². The number of nitrogens with two attached hydrogens (primary N) is 1. The van der Waals surface area contributed by atoms with Crippen molar-refractivity contribution in [2.45, 2.75) is 52.1 Å². The lowest BCUT2D eigenvalue weighted by molar-refractivity contribution is -0.126. The van der Waals surface area contributed by atoms with Gasteiger partial charge in [-0.15, -0.1) is 0 Å². The van der Waals surface area contributed by atoms with Gasteiger partial charge in [0.15, 0.2) is 0 Å². The van der Waals surface area contributed by atoms with Gasteiger partial charge in [0, 0.05) is 45.3 Å². The first-order valence-electron chi connectivity index (χ1n) is 8.06. The van der Waals surface area contributed by atoms with Crippen molar-refractivity contribution in [1.82, 2.24) is 15.1 Å². The zero-order valence-corrected chi connectivity index (χ0v) is 13.4. The Morgan fingerprint density at radius 2 is 1.75 bits per heavy atom. The van der Waals surface area contributed by atoms with Crippen LogP contribution in [0.4, 0.5) is 0 Å². The molecule has 2 atom stereocenters. The lowest BCUT2D eigenvalue weighted by atomic mass is 10.1. The van der Waals surface area contributed by atoms with Gasteiger partial charge in [-0.25, -0.2) is 0 Å². The Hall–Kier alpha value is -0.650. The predicted octanol–water partition coefficient (Wildman–Crippen LogP) is 0.646. The molecule has 2 unspecified atom stereocenters. The molecule has 1 heterocycles. The van der Waals surface area contributed by atoms with Crippen LogP contribution in [0, 0.1) is 0 Å². The minimum atomic E-state index is -0.0213.